The molecule has 1 aliphatic rings. The molecule has 1 heterocycles. The Hall–Kier alpha value is -0.870. The second kappa shape index (κ2) is 4.33. The Morgan fingerprint density at radius 1 is 1.33 bits per heavy atom. The Morgan fingerprint density at radius 3 is 2.60 bits per heavy atom. The maximum absolute atomic E-state index is 11.6. The predicted octanol–water partition coefficient (Wildman–Crippen LogP) is 1.89. The second-order valence-corrected chi connectivity index (χ2v) is 4.05. The summed E-state index contributed by atoms with van der Waals surface area (Å²) in [4.78, 5) is 11.6. The molecular weight excluding hydrogens is 260 g/mol. The van der Waals surface area contributed by atoms with Crippen LogP contribution in [0.15, 0.2) is 30.3 Å². The van der Waals surface area contributed by atoms with E-state index < -0.39 is 5.60 Å². The number of ether oxygens (including phenoxy) is 2. The number of cyclic esters (lactones) is 1. The first-order chi connectivity index (χ1) is 7.27. The predicted molar refractivity (Wildman–Crippen MR) is 58.7 cm³/mol. The van der Waals surface area contributed by atoms with Crippen molar-refractivity contribution < 1.29 is 14.3 Å². The van der Waals surface area contributed by atoms with Crippen molar-refractivity contribution in [2.24, 2.45) is 0 Å². The van der Waals surface area contributed by atoms with Crippen molar-refractivity contribution in [3.63, 3.8) is 0 Å². The zero-order valence-corrected chi connectivity index (χ0v) is 9.70. The van der Waals surface area contributed by atoms with Crippen molar-refractivity contribution in [3.05, 3.63) is 35.9 Å². The number of rotatable bonds is 3. The van der Waals surface area contributed by atoms with E-state index in [2.05, 4.69) is 15.9 Å². The molecule has 0 radical (unpaired) electrons. The van der Waals surface area contributed by atoms with Gasteiger partial charge in [-0.05, 0) is 5.56 Å². The summed E-state index contributed by atoms with van der Waals surface area (Å²) in [5.74, 6) is -0.289. The van der Waals surface area contributed by atoms with E-state index in [0.29, 0.717) is 11.8 Å². The number of halogens is 1. The van der Waals surface area contributed by atoms with E-state index in [1.54, 1.807) is 0 Å². The van der Waals surface area contributed by atoms with E-state index in [0.717, 1.165) is 5.56 Å². The average molecular weight is 271 g/mol. The molecule has 0 aliphatic carbocycles. The monoisotopic (exact) mass is 270 g/mol. The summed E-state index contributed by atoms with van der Waals surface area (Å²) in [6.07, 6.45) is 0.540. The van der Waals surface area contributed by atoms with Gasteiger partial charge in [0.1, 0.15) is 0 Å². The smallest absolute Gasteiger partial charge is 0.341 e. The number of hydrogen-bond donors (Lipinski definition) is 0. The normalized spacial score (nSPS) is 25.3. The molecule has 2 rings (SSSR count). The van der Waals surface area contributed by atoms with Crippen molar-refractivity contribution in [1.29, 1.82) is 0 Å². The third-order valence-electron chi connectivity index (χ3n) is 2.45. The van der Waals surface area contributed by atoms with E-state index in [9.17, 15) is 4.79 Å². The summed E-state index contributed by atoms with van der Waals surface area (Å²) in [5, 5.41) is 0.452. The van der Waals surface area contributed by atoms with Crippen LogP contribution in [0.2, 0.25) is 0 Å². The molecule has 1 saturated heterocycles. The van der Waals surface area contributed by atoms with Crippen molar-refractivity contribution in [1.82, 2.24) is 0 Å². The Balaban J connectivity index is 2.19. The van der Waals surface area contributed by atoms with Gasteiger partial charge in [0, 0.05) is 11.8 Å². The number of carbonyl (C=O) groups excluding carboxylic acids is 1. The number of esters is 1. The molecule has 15 heavy (non-hydrogen) atoms. The van der Waals surface area contributed by atoms with Crippen molar-refractivity contribution in [3.8, 4) is 0 Å². The van der Waals surface area contributed by atoms with Crippen LogP contribution in [0.3, 0.4) is 0 Å². The molecule has 3 nitrogen and oxygen atoms in total. The van der Waals surface area contributed by atoms with E-state index in [-0.39, 0.29) is 12.8 Å². The molecule has 0 unspecified atom stereocenters. The fourth-order valence-corrected chi connectivity index (χ4v) is 2.16. The molecule has 1 fully saturated rings. The zero-order chi connectivity index (χ0) is 10.7. The van der Waals surface area contributed by atoms with Gasteiger partial charge in [0.15, 0.2) is 12.4 Å². The van der Waals surface area contributed by atoms with Crippen LogP contribution in [-0.4, -0.2) is 23.7 Å². The Kier molecular flexibility index (Phi) is 3.07. The molecule has 0 spiro atoms. The van der Waals surface area contributed by atoms with Gasteiger partial charge in [-0.25, -0.2) is 4.79 Å². The maximum Gasteiger partial charge on any atom is 0.341 e. The molecule has 4 heteroatoms. The summed E-state index contributed by atoms with van der Waals surface area (Å²) < 4.78 is 10.2. The zero-order valence-electron chi connectivity index (χ0n) is 8.11. The van der Waals surface area contributed by atoms with Gasteiger partial charge >= 0.3 is 5.97 Å². The van der Waals surface area contributed by atoms with Crippen LogP contribution in [0.1, 0.15) is 5.56 Å². The van der Waals surface area contributed by atoms with Gasteiger partial charge in [0.25, 0.3) is 0 Å². The SMILES string of the molecule is O=C1OCO[C@]1(CBr)Cc1ccccc1. The standard InChI is InChI=1S/C11H11BrO3/c12-7-11(10(13)14-8-15-11)6-9-4-2-1-3-5-9/h1-5H,6-8H2/t11-/m0/s1. The van der Waals surface area contributed by atoms with Crippen LogP contribution >= 0.6 is 15.9 Å². The van der Waals surface area contributed by atoms with Gasteiger partial charge in [0.2, 0.25) is 0 Å². The largest absolute Gasteiger partial charge is 0.436 e. The van der Waals surface area contributed by atoms with Crippen molar-refractivity contribution in [2.45, 2.75) is 12.0 Å². The molecule has 0 N–H and O–H groups in total. The van der Waals surface area contributed by atoms with Crippen molar-refractivity contribution >= 4 is 21.9 Å². The molecule has 1 aliphatic heterocycles. The first kappa shape index (κ1) is 10.6. The fourth-order valence-electron chi connectivity index (χ4n) is 1.58. The summed E-state index contributed by atoms with van der Waals surface area (Å²) in [7, 11) is 0. The molecule has 80 valence electrons. The van der Waals surface area contributed by atoms with Gasteiger partial charge in [-0.15, -0.1) is 0 Å². The summed E-state index contributed by atoms with van der Waals surface area (Å²) in [5.41, 5.74) is 0.220. The fraction of sp³-hybridized carbons (Fsp3) is 0.364. The number of hydrogen-bond acceptors (Lipinski definition) is 3. The van der Waals surface area contributed by atoms with E-state index in [1.165, 1.54) is 0 Å². The first-order valence-electron chi connectivity index (χ1n) is 4.68. The van der Waals surface area contributed by atoms with Crippen LogP contribution in [0.25, 0.3) is 0 Å². The molecule has 0 bridgehead atoms. The molecule has 0 saturated carbocycles. The Bertz CT molecular complexity index is 352. The summed E-state index contributed by atoms with van der Waals surface area (Å²) in [6, 6.07) is 9.77. The lowest BCUT2D eigenvalue weighted by Gasteiger charge is -2.20. The van der Waals surface area contributed by atoms with Crippen LogP contribution in [0, 0.1) is 0 Å². The van der Waals surface area contributed by atoms with E-state index >= 15 is 0 Å². The van der Waals surface area contributed by atoms with Gasteiger partial charge in [-0.3, -0.25) is 0 Å². The Morgan fingerprint density at radius 2 is 2.07 bits per heavy atom. The molecule has 1 atom stereocenters. The quantitative estimate of drug-likeness (QED) is 0.622. The lowest BCUT2D eigenvalue weighted by Crippen LogP contribution is -2.40. The summed E-state index contributed by atoms with van der Waals surface area (Å²) in [6.45, 7) is 0.0528. The molecule has 1 aromatic rings. The molecule has 0 amide bonds. The lowest BCUT2D eigenvalue weighted by atomic mass is 9.97. The number of carbonyl (C=O) groups is 1. The number of benzene rings is 1. The first-order valence-corrected chi connectivity index (χ1v) is 5.80. The minimum atomic E-state index is -0.846. The van der Waals surface area contributed by atoms with Crippen molar-refractivity contribution in [2.75, 3.05) is 12.1 Å². The van der Waals surface area contributed by atoms with E-state index in [1.807, 2.05) is 30.3 Å². The van der Waals surface area contributed by atoms with Crippen LogP contribution in [-0.2, 0) is 20.7 Å². The van der Waals surface area contributed by atoms with E-state index in [4.69, 9.17) is 9.47 Å². The van der Waals surface area contributed by atoms with Gasteiger partial charge < -0.3 is 9.47 Å². The highest BCUT2D eigenvalue weighted by molar-refractivity contribution is 9.09. The molecule has 1 aromatic carbocycles. The van der Waals surface area contributed by atoms with Crippen LogP contribution in [0.4, 0.5) is 0 Å². The van der Waals surface area contributed by atoms with Crippen LogP contribution < -0.4 is 0 Å². The Labute approximate surface area is 96.5 Å². The third-order valence-corrected chi connectivity index (χ3v) is 3.35. The number of alkyl halides is 1. The van der Waals surface area contributed by atoms with Gasteiger partial charge in [-0.1, -0.05) is 46.3 Å². The molecular formula is C11H11BrO3. The minimum absolute atomic E-state index is 0.0528. The maximum atomic E-state index is 11.6. The summed E-state index contributed by atoms with van der Waals surface area (Å²) >= 11 is 3.31. The van der Waals surface area contributed by atoms with Crippen LogP contribution in [0.5, 0.6) is 0 Å². The average Bonchev–Trinajstić information content (AvgIpc) is 2.62. The van der Waals surface area contributed by atoms with Gasteiger partial charge in [0.05, 0.1) is 0 Å². The molecule has 0 aromatic heterocycles. The highest BCUT2D eigenvalue weighted by atomic mass is 79.9. The lowest BCUT2D eigenvalue weighted by molar-refractivity contribution is -0.142. The second-order valence-electron chi connectivity index (χ2n) is 3.48. The third kappa shape index (κ3) is 2.06. The topological polar surface area (TPSA) is 35.5 Å². The highest BCUT2D eigenvalue weighted by Crippen LogP contribution is 2.26. The highest BCUT2D eigenvalue weighted by Gasteiger charge is 2.45. The van der Waals surface area contributed by atoms with Gasteiger partial charge in [-0.2, -0.15) is 0 Å². The minimum Gasteiger partial charge on any atom is -0.436 e.